The van der Waals surface area contributed by atoms with Gasteiger partial charge < -0.3 is 4.90 Å². The third kappa shape index (κ3) is 3.78. The van der Waals surface area contributed by atoms with Crippen LogP contribution in [0.25, 0.3) is 0 Å². The van der Waals surface area contributed by atoms with Crippen molar-refractivity contribution >= 4 is 17.3 Å². The third-order valence-corrected chi connectivity index (χ3v) is 3.53. The van der Waals surface area contributed by atoms with Crippen molar-refractivity contribution in [2.45, 2.75) is 26.2 Å². The number of carbonyl (C=O) groups excluding carboxylic acids is 1. The standard InChI is InChI=1S/C14H17N3O5/c1-2-5-15(9-10-3-4-10)14(18)11-6-12(16(19)20)8-13(7-11)17(21)22/h6-8,10H,2-5,9H2,1H3. The van der Waals surface area contributed by atoms with Crippen molar-refractivity contribution in [2.24, 2.45) is 5.92 Å². The van der Waals surface area contributed by atoms with Gasteiger partial charge in [0, 0.05) is 25.2 Å². The predicted molar refractivity (Wildman–Crippen MR) is 78.7 cm³/mol. The molecule has 1 fully saturated rings. The van der Waals surface area contributed by atoms with Crippen molar-refractivity contribution in [3.8, 4) is 0 Å². The summed E-state index contributed by atoms with van der Waals surface area (Å²) in [4.78, 5) is 34.5. The highest BCUT2D eigenvalue weighted by Crippen LogP contribution is 2.31. The van der Waals surface area contributed by atoms with Gasteiger partial charge in [0.1, 0.15) is 0 Å². The van der Waals surface area contributed by atoms with Gasteiger partial charge in [-0.3, -0.25) is 25.0 Å². The molecule has 0 atom stereocenters. The summed E-state index contributed by atoms with van der Waals surface area (Å²) in [7, 11) is 0. The Morgan fingerprint density at radius 1 is 1.18 bits per heavy atom. The second-order valence-corrected chi connectivity index (χ2v) is 5.45. The minimum absolute atomic E-state index is 0.00463. The molecule has 0 spiro atoms. The highest BCUT2D eigenvalue weighted by Gasteiger charge is 2.28. The maximum atomic E-state index is 12.5. The summed E-state index contributed by atoms with van der Waals surface area (Å²) in [6.45, 7) is 3.07. The van der Waals surface area contributed by atoms with E-state index in [1.807, 2.05) is 6.92 Å². The van der Waals surface area contributed by atoms with Crippen molar-refractivity contribution in [1.82, 2.24) is 4.90 Å². The maximum absolute atomic E-state index is 12.5. The normalized spacial score (nSPS) is 13.7. The van der Waals surface area contributed by atoms with E-state index in [0.717, 1.165) is 37.5 Å². The quantitative estimate of drug-likeness (QED) is 0.568. The maximum Gasteiger partial charge on any atom is 0.277 e. The molecule has 0 bridgehead atoms. The van der Waals surface area contributed by atoms with E-state index in [1.165, 1.54) is 0 Å². The molecule has 118 valence electrons. The van der Waals surface area contributed by atoms with Crippen LogP contribution in [-0.4, -0.2) is 33.7 Å². The van der Waals surface area contributed by atoms with Crippen LogP contribution >= 0.6 is 0 Å². The summed E-state index contributed by atoms with van der Waals surface area (Å²) in [6, 6.07) is 3.07. The lowest BCUT2D eigenvalue weighted by Crippen LogP contribution is -2.33. The number of non-ortho nitro benzene ring substituents is 2. The van der Waals surface area contributed by atoms with Crippen LogP contribution in [-0.2, 0) is 0 Å². The van der Waals surface area contributed by atoms with Gasteiger partial charge in [-0.15, -0.1) is 0 Å². The zero-order valence-electron chi connectivity index (χ0n) is 12.2. The highest BCUT2D eigenvalue weighted by atomic mass is 16.6. The minimum Gasteiger partial charge on any atom is -0.338 e. The van der Waals surface area contributed by atoms with Gasteiger partial charge in [-0.25, -0.2) is 0 Å². The second-order valence-electron chi connectivity index (χ2n) is 5.45. The minimum atomic E-state index is -0.727. The number of hydrogen-bond donors (Lipinski definition) is 0. The van der Waals surface area contributed by atoms with E-state index in [1.54, 1.807) is 4.90 Å². The first-order chi connectivity index (χ1) is 10.4. The molecule has 0 aliphatic heterocycles. The highest BCUT2D eigenvalue weighted by molar-refractivity contribution is 5.95. The van der Waals surface area contributed by atoms with Crippen molar-refractivity contribution in [1.29, 1.82) is 0 Å². The molecule has 1 saturated carbocycles. The van der Waals surface area contributed by atoms with Gasteiger partial charge in [-0.05, 0) is 25.2 Å². The van der Waals surface area contributed by atoms with Gasteiger partial charge >= 0.3 is 0 Å². The van der Waals surface area contributed by atoms with Gasteiger partial charge in [-0.1, -0.05) is 6.92 Å². The first-order valence-electron chi connectivity index (χ1n) is 7.15. The smallest absolute Gasteiger partial charge is 0.277 e. The first kappa shape index (κ1) is 15.9. The Morgan fingerprint density at radius 3 is 2.14 bits per heavy atom. The molecule has 0 radical (unpaired) electrons. The number of rotatable bonds is 7. The lowest BCUT2D eigenvalue weighted by Gasteiger charge is -2.22. The molecule has 8 heteroatoms. The van der Waals surface area contributed by atoms with Crippen LogP contribution in [0.2, 0.25) is 0 Å². The van der Waals surface area contributed by atoms with Crippen molar-refractivity contribution in [3.05, 3.63) is 44.0 Å². The van der Waals surface area contributed by atoms with E-state index in [-0.39, 0.29) is 11.5 Å². The molecule has 0 heterocycles. The van der Waals surface area contributed by atoms with Crippen LogP contribution in [0.1, 0.15) is 36.5 Å². The van der Waals surface area contributed by atoms with E-state index >= 15 is 0 Å². The average Bonchev–Trinajstić information content (AvgIpc) is 3.29. The largest absolute Gasteiger partial charge is 0.338 e. The summed E-state index contributed by atoms with van der Waals surface area (Å²) in [5.74, 6) is 0.0877. The van der Waals surface area contributed by atoms with Gasteiger partial charge in [0.15, 0.2) is 0 Å². The average molecular weight is 307 g/mol. The number of nitrogens with zero attached hydrogens (tertiary/aromatic N) is 3. The molecule has 2 rings (SSSR count). The van der Waals surface area contributed by atoms with E-state index < -0.39 is 21.2 Å². The second kappa shape index (κ2) is 6.50. The van der Waals surface area contributed by atoms with Gasteiger partial charge in [0.05, 0.1) is 21.5 Å². The van der Waals surface area contributed by atoms with Crippen molar-refractivity contribution < 1.29 is 14.6 Å². The Bertz CT molecular complexity index is 580. The molecular formula is C14H17N3O5. The fraction of sp³-hybridized carbons (Fsp3) is 0.500. The zero-order chi connectivity index (χ0) is 16.3. The van der Waals surface area contributed by atoms with Gasteiger partial charge in [-0.2, -0.15) is 0 Å². The lowest BCUT2D eigenvalue weighted by molar-refractivity contribution is -0.394. The molecule has 1 aliphatic carbocycles. The van der Waals surface area contributed by atoms with E-state index in [2.05, 4.69) is 0 Å². The fourth-order valence-corrected chi connectivity index (χ4v) is 2.27. The monoisotopic (exact) mass is 307 g/mol. The number of nitro benzene ring substituents is 2. The summed E-state index contributed by atoms with van der Waals surface area (Å²) in [6.07, 6.45) is 2.90. The lowest BCUT2D eigenvalue weighted by atomic mass is 10.1. The Kier molecular flexibility index (Phi) is 4.69. The van der Waals surface area contributed by atoms with Crippen molar-refractivity contribution in [2.75, 3.05) is 13.1 Å². The predicted octanol–water partition coefficient (Wildman–Crippen LogP) is 2.77. The molecule has 0 saturated heterocycles. The molecule has 0 unspecified atom stereocenters. The molecule has 1 aliphatic rings. The Hall–Kier alpha value is -2.51. The van der Waals surface area contributed by atoms with Crippen LogP contribution in [0, 0.1) is 26.1 Å². The molecular weight excluding hydrogens is 290 g/mol. The topological polar surface area (TPSA) is 107 Å². The third-order valence-electron chi connectivity index (χ3n) is 3.53. The van der Waals surface area contributed by atoms with Crippen LogP contribution in [0.4, 0.5) is 11.4 Å². The van der Waals surface area contributed by atoms with Gasteiger partial charge in [0.25, 0.3) is 17.3 Å². The summed E-state index contributed by atoms with van der Waals surface area (Å²) in [5.41, 5.74) is -0.893. The van der Waals surface area contributed by atoms with Crippen LogP contribution < -0.4 is 0 Å². The van der Waals surface area contributed by atoms with Crippen molar-refractivity contribution in [3.63, 3.8) is 0 Å². The molecule has 1 aromatic carbocycles. The number of nitro groups is 2. The van der Waals surface area contributed by atoms with Crippen LogP contribution in [0.3, 0.4) is 0 Å². The number of amides is 1. The van der Waals surface area contributed by atoms with E-state index in [4.69, 9.17) is 0 Å². The molecule has 1 amide bonds. The number of carbonyl (C=O) groups is 1. The Labute approximate surface area is 127 Å². The summed E-state index contributed by atoms with van der Waals surface area (Å²) >= 11 is 0. The molecule has 22 heavy (non-hydrogen) atoms. The molecule has 0 aromatic heterocycles. The SMILES string of the molecule is CCCN(CC1CC1)C(=O)c1cc([N+](=O)[O-])cc([N+](=O)[O-])c1. The molecule has 8 nitrogen and oxygen atoms in total. The Balaban J connectivity index is 2.33. The van der Waals surface area contributed by atoms with Crippen LogP contribution in [0.5, 0.6) is 0 Å². The molecule has 1 aromatic rings. The van der Waals surface area contributed by atoms with E-state index in [9.17, 15) is 25.0 Å². The van der Waals surface area contributed by atoms with Crippen LogP contribution in [0.15, 0.2) is 18.2 Å². The molecule has 0 N–H and O–H groups in total. The summed E-state index contributed by atoms with van der Waals surface area (Å²) in [5, 5.41) is 21.8. The summed E-state index contributed by atoms with van der Waals surface area (Å²) < 4.78 is 0. The van der Waals surface area contributed by atoms with E-state index in [0.29, 0.717) is 19.0 Å². The van der Waals surface area contributed by atoms with Gasteiger partial charge in [0.2, 0.25) is 0 Å². The fourth-order valence-electron chi connectivity index (χ4n) is 2.27. The first-order valence-corrected chi connectivity index (χ1v) is 7.15. The number of benzene rings is 1. The zero-order valence-corrected chi connectivity index (χ0v) is 12.2. The number of hydrogen-bond acceptors (Lipinski definition) is 5. The Morgan fingerprint density at radius 2 is 1.73 bits per heavy atom.